The van der Waals surface area contributed by atoms with Crippen LogP contribution in [0.5, 0.6) is 0 Å². The zero-order valence-electron chi connectivity index (χ0n) is 9.11. The van der Waals surface area contributed by atoms with Gasteiger partial charge in [-0.25, -0.2) is 0 Å². The SMILES string of the molecule is N/C=C(\C=Nc1ccc(C(F)(F)F)cc1)C(N)=O. The number of alkyl halides is 3. The lowest BCUT2D eigenvalue weighted by atomic mass is 10.2. The summed E-state index contributed by atoms with van der Waals surface area (Å²) in [4.78, 5) is 14.6. The first-order valence-electron chi connectivity index (χ1n) is 4.77. The van der Waals surface area contributed by atoms with Gasteiger partial charge in [-0.2, -0.15) is 13.2 Å². The molecule has 0 atom stereocenters. The lowest BCUT2D eigenvalue weighted by molar-refractivity contribution is -0.137. The lowest BCUT2D eigenvalue weighted by Gasteiger charge is -2.05. The highest BCUT2D eigenvalue weighted by molar-refractivity contribution is 6.11. The second kappa shape index (κ2) is 5.35. The van der Waals surface area contributed by atoms with Gasteiger partial charge in [0.25, 0.3) is 5.91 Å². The summed E-state index contributed by atoms with van der Waals surface area (Å²) in [5.41, 5.74) is 9.53. The Morgan fingerprint density at radius 1 is 1.22 bits per heavy atom. The summed E-state index contributed by atoms with van der Waals surface area (Å²) < 4.78 is 36.8. The van der Waals surface area contributed by atoms with Gasteiger partial charge in [-0.15, -0.1) is 0 Å². The summed E-state index contributed by atoms with van der Waals surface area (Å²) in [6.45, 7) is 0. The second-order valence-corrected chi connectivity index (χ2v) is 3.29. The number of halogens is 3. The van der Waals surface area contributed by atoms with Crippen LogP contribution < -0.4 is 11.5 Å². The smallest absolute Gasteiger partial charge is 0.404 e. The van der Waals surface area contributed by atoms with Gasteiger partial charge in [-0.3, -0.25) is 9.79 Å². The fourth-order valence-electron chi connectivity index (χ4n) is 1.07. The highest BCUT2D eigenvalue weighted by Gasteiger charge is 2.29. The zero-order chi connectivity index (χ0) is 13.8. The van der Waals surface area contributed by atoms with Crippen LogP contribution >= 0.6 is 0 Å². The number of hydrogen-bond donors (Lipinski definition) is 2. The molecule has 0 aliphatic heterocycles. The van der Waals surface area contributed by atoms with E-state index in [9.17, 15) is 18.0 Å². The Morgan fingerprint density at radius 2 is 1.78 bits per heavy atom. The number of nitrogens with two attached hydrogens (primary N) is 2. The van der Waals surface area contributed by atoms with Crippen LogP contribution in [0.1, 0.15) is 5.56 Å². The molecule has 4 N–H and O–H groups in total. The molecule has 1 aromatic rings. The van der Waals surface area contributed by atoms with Crippen LogP contribution in [0.2, 0.25) is 0 Å². The molecular formula is C11H10F3N3O. The highest BCUT2D eigenvalue weighted by atomic mass is 19.4. The van der Waals surface area contributed by atoms with E-state index in [0.717, 1.165) is 24.5 Å². The van der Waals surface area contributed by atoms with Crippen molar-refractivity contribution in [3.63, 3.8) is 0 Å². The van der Waals surface area contributed by atoms with Crippen molar-refractivity contribution in [2.75, 3.05) is 0 Å². The Morgan fingerprint density at radius 3 is 2.17 bits per heavy atom. The third-order valence-electron chi connectivity index (χ3n) is 2.01. The number of nitrogens with zero attached hydrogens (tertiary/aromatic N) is 1. The molecule has 1 rings (SSSR count). The normalized spacial score (nSPS) is 12.9. The Hall–Kier alpha value is -2.31. The monoisotopic (exact) mass is 257 g/mol. The van der Waals surface area contributed by atoms with Crippen molar-refractivity contribution in [1.29, 1.82) is 0 Å². The Kier molecular flexibility index (Phi) is 4.09. The number of carbonyl (C=O) groups excluding carboxylic acids is 1. The Labute approximate surface area is 101 Å². The molecule has 1 amide bonds. The van der Waals surface area contributed by atoms with Crippen molar-refractivity contribution < 1.29 is 18.0 Å². The lowest BCUT2D eigenvalue weighted by Crippen LogP contribution is -2.15. The average molecular weight is 257 g/mol. The van der Waals surface area contributed by atoms with Crippen LogP contribution in [0.4, 0.5) is 18.9 Å². The number of hydrogen-bond acceptors (Lipinski definition) is 3. The van der Waals surface area contributed by atoms with E-state index in [-0.39, 0.29) is 11.3 Å². The van der Waals surface area contributed by atoms with E-state index in [4.69, 9.17) is 11.5 Å². The quantitative estimate of drug-likeness (QED) is 0.638. The molecule has 1 aromatic carbocycles. The summed E-state index contributed by atoms with van der Waals surface area (Å²) in [6, 6.07) is 4.13. The Bertz CT molecular complexity index is 489. The topological polar surface area (TPSA) is 81.5 Å². The molecule has 0 saturated carbocycles. The maximum atomic E-state index is 12.3. The van der Waals surface area contributed by atoms with Gasteiger partial charge in [0.2, 0.25) is 0 Å². The predicted octanol–water partition coefficient (Wildman–Crippen LogP) is 1.74. The number of amides is 1. The van der Waals surface area contributed by atoms with Gasteiger partial charge in [0.1, 0.15) is 0 Å². The molecule has 96 valence electrons. The van der Waals surface area contributed by atoms with E-state index in [1.54, 1.807) is 0 Å². The van der Waals surface area contributed by atoms with Gasteiger partial charge in [-0.1, -0.05) is 0 Å². The van der Waals surface area contributed by atoms with Crippen LogP contribution in [-0.2, 0) is 11.0 Å². The van der Waals surface area contributed by atoms with Crippen LogP contribution in [-0.4, -0.2) is 12.1 Å². The summed E-state index contributed by atoms with van der Waals surface area (Å²) >= 11 is 0. The van der Waals surface area contributed by atoms with E-state index in [0.29, 0.717) is 0 Å². The fraction of sp³-hybridized carbons (Fsp3) is 0.0909. The maximum Gasteiger partial charge on any atom is 0.416 e. The van der Waals surface area contributed by atoms with Gasteiger partial charge in [0.15, 0.2) is 0 Å². The molecule has 0 spiro atoms. The second-order valence-electron chi connectivity index (χ2n) is 3.29. The van der Waals surface area contributed by atoms with E-state index in [1.165, 1.54) is 12.1 Å². The summed E-state index contributed by atoms with van der Waals surface area (Å²) in [5.74, 6) is -0.770. The summed E-state index contributed by atoms with van der Waals surface area (Å²) in [7, 11) is 0. The predicted molar refractivity (Wildman–Crippen MR) is 61.1 cm³/mol. The molecule has 0 aliphatic rings. The summed E-state index contributed by atoms with van der Waals surface area (Å²) in [5, 5.41) is 0. The minimum Gasteiger partial charge on any atom is -0.404 e. The summed E-state index contributed by atoms with van der Waals surface area (Å²) in [6.07, 6.45) is -2.33. The number of benzene rings is 1. The first-order valence-corrected chi connectivity index (χ1v) is 4.77. The largest absolute Gasteiger partial charge is 0.416 e. The van der Waals surface area contributed by atoms with Crippen LogP contribution in [0.15, 0.2) is 41.0 Å². The van der Waals surface area contributed by atoms with Crippen molar-refractivity contribution in [2.24, 2.45) is 16.5 Å². The minimum absolute atomic E-state index is 0.0325. The van der Waals surface area contributed by atoms with Gasteiger partial charge in [-0.05, 0) is 24.3 Å². The van der Waals surface area contributed by atoms with E-state index in [1.807, 2.05) is 0 Å². The molecule has 0 saturated heterocycles. The van der Waals surface area contributed by atoms with Gasteiger partial charge >= 0.3 is 6.18 Å². The molecule has 0 bridgehead atoms. The van der Waals surface area contributed by atoms with Gasteiger partial charge in [0, 0.05) is 12.4 Å². The zero-order valence-corrected chi connectivity index (χ0v) is 9.11. The molecule has 0 aromatic heterocycles. The number of rotatable bonds is 3. The van der Waals surface area contributed by atoms with Crippen LogP contribution in [0.3, 0.4) is 0 Å². The molecule has 0 fully saturated rings. The van der Waals surface area contributed by atoms with Crippen LogP contribution in [0, 0.1) is 0 Å². The number of carbonyl (C=O) groups is 1. The third kappa shape index (κ3) is 3.62. The van der Waals surface area contributed by atoms with Crippen molar-refractivity contribution in [3.05, 3.63) is 41.6 Å². The number of primary amides is 1. The number of aliphatic imine (C=N–C) groups is 1. The first kappa shape index (κ1) is 13.8. The van der Waals surface area contributed by atoms with Crippen molar-refractivity contribution >= 4 is 17.8 Å². The van der Waals surface area contributed by atoms with E-state index in [2.05, 4.69) is 4.99 Å². The highest BCUT2D eigenvalue weighted by Crippen LogP contribution is 2.30. The average Bonchev–Trinajstić information content (AvgIpc) is 2.29. The molecule has 7 heteroatoms. The Balaban J connectivity index is 2.88. The molecule has 0 heterocycles. The van der Waals surface area contributed by atoms with Crippen molar-refractivity contribution in [1.82, 2.24) is 0 Å². The van der Waals surface area contributed by atoms with Gasteiger partial charge in [0.05, 0.1) is 16.8 Å². The maximum absolute atomic E-state index is 12.3. The molecule has 0 aliphatic carbocycles. The minimum atomic E-state index is -4.39. The van der Waals surface area contributed by atoms with Gasteiger partial charge < -0.3 is 11.5 Å². The van der Waals surface area contributed by atoms with Crippen molar-refractivity contribution in [2.45, 2.75) is 6.18 Å². The molecular weight excluding hydrogens is 247 g/mol. The molecule has 0 radical (unpaired) electrons. The van der Waals surface area contributed by atoms with E-state index >= 15 is 0 Å². The molecule has 4 nitrogen and oxygen atoms in total. The molecule has 18 heavy (non-hydrogen) atoms. The standard InChI is InChI=1S/C11H10F3N3O/c12-11(13,14)8-1-3-9(4-2-8)17-6-7(5-15)10(16)18/h1-6H,15H2,(H2,16,18)/b7-5+,17-6?. The van der Waals surface area contributed by atoms with Crippen LogP contribution in [0.25, 0.3) is 0 Å². The fourth-order valence-corrected chi connectivity index (χ4v) is 1.07. The first-order chi connectivity index (χ1) is 8.34. The molecule has 0 unspecified atom stereocenters. The van der Waals surface area contributed by atoms with Crippen molar-refractivity contribution in [3.8, 4) is 0 Å². The van der Waals surface area contributed by atoms with E-state index < -0.39 is 17.6 Å². The third-order valence-corrected chi connectivity index (χ3v) is 2.01.